The summed E-state index contributed by atoms with van der Waals surface area (Å²) in [5, 5.41) is 9.22. The third kappa shape index (κ3) is 6.64. The van der Waals surface area contributed by atoms with Crippen LogP contribution in [0.4, 0.5) is 4.39 Å². The number of ether oxygens (including phenoxy) is 1. The van der Waals surface area contributed by atoms with Crippen LogP contribution in [0, 0.1) is 5.82 Å². The molecule has 0 radical (unpaired) electrons. The van der Waals surface area contributed by atoms with Crippen LogP contribution in [-0.2, 0) is 35.3 Å². The largest absolute Gasteiger partial charge is 0.487 e. The number of carbonyl (C=O) groups excluding carboxylic acids is 1. The molecule has 1 N–H and O–H groups in total. The molecule has 3 aromatic carbocycles. The fraction of sp³-hybridized carbons (Fsp3) is 0.310. The molecule has 0 fully saturated rings. The first kappa shape index (κ1) is 25.7. The number of carbonyl (C=O) groups is 2. The number of carboxylic acids is 1. The normalized spacial score (nSPS) is 16.3. The third-order valence-corrected chi connectivity index (χ3v) is 6.73. The minimum atomic E-state index is -0.929. The van der Waals surface area contributed by atoms with Gasteiger partial charge < -0.3 is 14.7 Å². The van der Waals surface area contributed by atoms with Crippen molar-refractivity contribution in [2.75, 3.05) is 13.1 Å². The quantitative estimate of drug-likeness (QED) is 0.391. The highest BCUT2D eigenvalue weighted by Crippen LogP contribution is 2.38. The zero-order chi connectivity index (χ0) is 25.7. The van der Waals surface area contributed by atoms with Crippen LogP contribution in [0.2, 0.25) is 5.02 Å². The lowest BCUT2D eigenvalue weighted by molar-refractivity contribution is -0.138. The summed E-state index contributed by atoms with van der Waals surface area (Å²) in [7, 11) is 0. The Balaban J connectivity index is 1.41. The van der Waals surface area contributed by atoms with Crippen molar-refractivity contribution in [3.05, 3.63) is 99.8 Å². The Kier molecular flexibility index (Phi) is 7.94. The highest BCUT2D eigenvalue weighted by Gasteiger charge is 2.35. The minimum Gasteiger partial charge on any atom is -0.487 e. The summed E-state index contributed by atoms with van der Waals surface area (Å²) < 4.78 is 20.1. The number of hydrogen-bond donors (Lipinski definition) is 1. The average molecular weight is 510 g/mol. The van der Waals surface area contributed by atoms with Gasteiger partial charge in [0.15, 0.2) is 0 Å². The molecule has 1 aliphatic rings. The number of benzene rings is 3. The number of amides is 1. The number of fused-ring (bicyclic) bond motifs is 1. The molecule has 0 aliphatic carbocycles. The maximum absolute atomic E-state index is 13.9. The summed E-state index contributed by atoms with van der Waals surface area (Å²) in [5.41, 5.74) is 3.21. The van der Waals surface area contributed by atoms with Crippen molar-refractivity contribution < 1.29 is 23.8 Å². The fourth-order valence-electron chi connectivity index (χ4n) is 4.65. The molecular formula is C29H29ClFNO4. The van der Waals surface area contributed by atoms with Crippen LogP contribution in [0.3, 0.4) is 0 Å². The van der Waals surface area contributed by atoms with Gasteiger partial charge in [0.25, 0.3) is 0 Å². The summed E-state index contributed by atoms with van der Waals surface area (Å²) in [6, 6.07) is 20.3. The average Bonchev–Trinajstić information content (AvgIpc) is 3.16. The molecule has 0 bridgehead atoms. The lowest BCUT2D eigenvalue weighted by atomic mass is 9.91. The van der Waals surface area contributed by atoms with Crippen LogP contribution in [-0.4, -0.2) is 40.6 Å². The molecular weight excluding hydrogens is 481 g/mol. The first-order chi connectivity index (χ1) is 17.2. The van der Waals surface area contributed by atoms with E-state index in [-0.39, 0.29) is 30.3 Å². The van der Waals surface area contributed by atoms with Gasteiger partial charge in [0.1, 0.15) is 17.2 Å². The van der Waals surface area contributed by atoms with Crippen molar-refractivity contribution in [2.45, 2.75) is 44.6 Å². The van der Waals surface area contributed by atoms with Gasteiger partial charge in [0, 0.05) is 25.9 Å². The van der Waals surface area contributed by atoms with E-state index < -0.39 is 17.4 Å². The van der Waals surface area contributed by atoms with Gasteiger partial charge in [-0.15, -0.1) is 0 Å². The van der Waals surface area contributed by atoms with Gasteiger partial charge in [0.05, 0.1) is 17.9 Å². The van der Waals surface area contributed by atoms with E-state index in [0.717, 1.165) is 28.0 Å². The molecule has 0 aromatic heterocycles. The second-order valence-electron chi connectivity index (χ2n) is 9.53. The highest BCUT2D eigenvalue weighted by molar-refractivity contribution is 6.30. The molecule has 4 rings (SSSR count). The fourth-order valence-corrected chi connectivity index (χ4v) is 4.77. The van der Waals surface area contributed by atoms with Crippen LogP contribution >= 0.6 is 11.6 Å². The number of aliphatic carboxylic acids is 1. The maximum atomic E-state index is 13.9. The maximum Gasteiger partial charge on any atom is 0.305 e. The van der Waals surface area contributed by atoms with E-state index in [4.69, 9.17) is 21.4 Å². The van der Waals surface area contributed by atoms with Gasteiger partial charge >= 0.3 is 5.97 Å². The standard InChI is InChI=1S/C29H29ClFNO4/c1-29(18-22-7-9-24(30)25(31)16-22)19-23-15-21(8-10-26(23)36-29)17-27(33)32(14-12-28(34)35)13-11-20-5-3-2-4-6-20/h2-10,15-16H,11-14,17-19H2,1H3,(H,34,35)/t29-/m1/s1. The summed E-state index contributed by atoms with van der Waals surface area (Å²) in [6.45, 7) is 2.62. The van der Waals surface area contributed by atoms with Gasteiger partial charge in [-0.25, -0.2) is 4.39 Å². The summed E-state index contributed by atoms with van der Waals surface area (Å²) in [6.07, 6.45) is 1.90. The number of halogens is 2. The van der Waals surface area contributed by atoms with Crippen LogP contribution in [0.5, 0.6) is 5.75 Å². The molecule has 0 saturated carbocycles. The molecule has 188 valence electrons. The van der Waals surface area contributed by atoms with Crippen LogP contribution in [0.1, 0.15) is 35.6 Å². The molecule has 0 saturated heterocycles. The second kappa shape index (κ2) is 11.1. The van der Waals surface area contributed by atoms with E-state index in [0.29, 0.717) is 25.8 Å². The van der Waals surface area contributed by atoms with E-state index in [9.17, 15) is 14.0 Å². The van der Waals surface area contributed by atoms with E-state index in [1.165, 1.54) is 6.07 Å². The number of nitrogens with zero attached hydrogens (tertiary/aromatic N) is 1. The van der Waals surface area contributed by atoms with Crippen LogP contribution < -0.4 is 4.74 Å². The van der Waals surface area contributed by atoms with Crippen molar-refractivity contribution in [2.24, 2.45) is 0 Å². The zero-order valence-corrected chi connectivity index (χ0v) is 20.9. The Morgan fingerprint density at radius 3 is 2.50 bits per heavy atom. The van der Waals surface area contributed by atoms with E-state index in [2.05, 4.69) is 0 Å². The molecule has 0 unspecified atom stereocenters. The van der Waals surface area contributed by atoms with E-state index >= 15 is 0 Å². The molecule has 1 heterocycles. The van der Waals surface area contributed by atoms with E-state index in [1.54, 1.807) is 17.0 Å². The first-order valence-corrected chi connectivity index (χ1v) is 12.4. The van der Waals surface area contributed by atoms with Gasteiger partial charge in [-0.3, -0.25) is 9.59 Å². The summed E-state index contributed by atoms with van der Waals surface area (Å²) in [4.78, 5) is 25.9. The molecule has 36 heavy (non-hydrogen) atoms. The Morgan fingerprint density at radius 2 is 1.78 bits per heavy atom. The van der Waals surface area contributed by atoms with Crippen molar-refractivity contribution in [1.29, 1.82) is 0 Å². The Labute approximate surface area is 215 Å². The van der Waals surface area contributed by atoms with E-state index in [1.807, 2.05) is 55.5 Å². The third-order valence-electron chi connectivity index (χ3n) is 6.42. The second-order valence-corrected chi connectivity index (χ2v) is 9.94. The summed E-state index contributed by atoms with van der Waals surface area (Å²) >= 11 is 5.81. The first-order valence-electron chi connectivity index (χ1n) is 12.0. The zero-order valence-electron chi connectivity index (χ0n) is 20.2. The van der Waals surface area contributed by atoms with Crippen molar-refractivity contribution >= 4 is 23.5 Å². The number of carboxylic acid groups (broad SMARTS) is 1. The lowest BCUT2D eigenvalue weighted by Crippen LogP contribution is -2.36. The Hall–Kier alpha value is -3.38. The van der Waals surface area contributed by atoms with Gasteiger partial charge in [-0.1, -0.05) is 60.1 Å². The van der Waals surface area contributed by atoms with Crippen LogP contribution in [0.15, 0.2) is 66.7 Å². The Morgan fingerprint density at radius 1 is 1.03 bits per heavy atom. The molecule has 7 heteroatoms. The van der Waals surface area contributed by atoms with Crippen molar-refractivity contribution in [3.63, 3.8) is 0 Å². The molecule has 5 nitrogen and oxygen atoms in total. The van der Waals surface area contributed by atoms with Gasteiger partial charge in [0.2, 0.25) is 5.91 Å². The monoisotopic (exact) mass is 509 g/mol. The lowest BCUT2D eigenvalue weighted by Gasteiger charge is -2.24. The Bertz CT molecular complexity index is 1250. The molecule has 1 atom stereocenters. The molecule has 0 spiro atoms. The molecule has 1 amide bonds. The van der Waals surface area contributed by atoms with Gasteiger partial charge in [-0.05, 0) is 53.8 Å². The highest BCUT2D eigenvalue weighted by atomic mass is 35.5. The molecule has 3 aromatic rings. The topological polar surface area (TPSA) is 66.8 Å². The minimum absolute atomic E-state index is 0.0926. The summed E-state index contributed by atoms with van der Waals surface area (Å²) in [5.74, 6) is -0.726. The number of rotatable bonds is 10. The predicted molar refractivity (Wildman–Crippen MR) is 137 cm³/mol. The van der Waals surface area contributed by atoms with Crippen LogP contribution in [0.25, 0.3) is 0 Å². The SMILES string of the molecule is C[C@@]1(Cc2ccc(Cl)c(F)c2)Cc2cc(CC(=O)N(CCC(=O)O)CCc3ccccc3)ccc2O1. The van der Waals surface area contributed by atoms with Crippen molar-refractivity contribution in [3.8, 4) is 5.75 Å². The number of hydrogen-bond acceptors (Lipinski definition) is 3. The van der Waals surface area contributed by atoms with Crippen molar-refractivity contribution in [1.82, 2.24) is 4.90 Å². The molecule has 1 aliphatic heterocycles. The van der Waals surface area contributed by atoms with Gasteiger partial charge in [-0.2, -0.15) is 0 Å². The predicted octanol–water partition coefficient (Wildman–Crippen LogP) is 5.50. The smallest absolute Gasteiger partial charge is 0.305 e.